The van der Waals surface area contributed by atoms with Gasteiger partial charge in [-0.1, -0.05) is 25.7 Å². The molecule has 0 saturated heterocycles. The van der Waals surface area contributed by atoms with Gasteiger partial charge in [-0.2, -0.15) is 4.98 Å². The van der Waals surface area contributed by atoms with Crippen molar-refractivity contribution in [2.24, 2.45) is 5.92 Å². The van der Waals surface area contributed by atoms with E-state index < -0.39 is 0 Å². The summed E-state index contributed by atoms with van der Waals surface area (Å²) in [6.07, 6.45) is 9.87. The maximum absolute atomic E-state index is 5.75. The van der Waals surface area contributed by atoms with Crippen LogP contribution in [0.5, 0.6) is 0 Å². The van der Waals surface area contributed by atoms with E-state index in [1.54, 1.807) is 6.20 Å². The highest BCUT2D eigenvalue weighted by molar-refractivity contribution is 9.10. The SMILES string of the molecule is Clc1ncc(Br)c(NCCCC2CCCC2)n1. The quantitative estimate of drug-likeness (QED) is 0.650. The fraction of sp³-hybridized carbons (Fsp3) is 0.667. The molecule has 0 radical (unpaired) electrons. The molecule has 3 nitrogen and oxygen atoms in total. The van der Waals surface area contributed by atoms with Crippen LogP contribution in [0.1, 0.15) is 38.5 Å². The van der Waals surface area contributed by atoms with Gasteiger partial charge in [-0.25, -0.2) is 4.98 Å². The third-order valence-corrected chi connectivity index (χ3v) is 4.03. The molecule has 1 fully saturated rings. The highest BCUT2D eigenvalue weighted by Gasteiger charge is 2.14. The predicted octanol–water partition coefficient (Wildman–Crippen LogP) is 4.27. The second kappa shape index (κ2) is 6.55. The summed E-state index contributed by atoms with van der Waals surface area (Å²) in [4.78, 5) is 8.04. The summed E-state index contributed by atoms with van der Waals surface area (Å²) in [6, 6.07) is 0. The van der Waals surface area contributed by atoms with Gasteiger partial charge in [0.1, 0.15) is 5.82 Å². The molecule has 1 aliphatic carbocycles. The molecule has 1 saturated carbocycles. The molecule has 17 heavy (non-hydrogen) atoms. The molecule has 0 atom stereocenters. The average molecular weight is 319 g/mol. The third kappa shape index (κ3) is 4.11. The Morgan fingerprint density at radius 2 is 2.18 bits per heavy atom. The lowest BCUT2D eigenvalue weighted by Gasteiger charge is -2.10. The van der Waals surface area contributed by atoms with Crippen molar-refractivity contribution in [2.75, 3.05) is 11.9 Å². The number of hydrogen-bond donors (Lipinski definition) is 1. The monoisotopic (exact) mass is 317 g/mol. The first-order valence-corrected chi connectivity index (χ1v) is 7.34. The zero-order chi connectivity index (χ0) is 12.1. The minimum Gasteiger partial charge on any atom is -0.369 e. The largest absolute Gasteiger partial charge is 0.369 e. The minimum absolute atomic E-state index is 0.284. The van der Waals surface area contributed by atoms with Gasteiger partial charge in [0.05, 0.1) is 4.47 Å². The Kier molecular flexibility index (Phi) is 5.04. The van der Waals surface area contributed by atoms with Crippen LogP contribution in [0.15, 0.2) is 10.7 Å². The smallest absolute Gasteiger partial charge is 0.224 e. The van der Waals surface area contributed by atoms with Crippen molar-refractivity contribution in [1.29, 1.82) is 0 Å². The summed E-state index contributed by atoms with van der Waals surface area (Å²) in [5.74, 6) is 1.74. The van der Waals surface area contributed by atoms with E-state index in [0.29, 0.717) is 0 Å². The Balaban J connectivity index is 1.72. The van der Waals surface area contributed by atoms with Crippen LogP contribution in [-0.2, 0) is 0 Å². The van der Waals surface area contributed by atoms with Gasteiger partial charge in [-0.15, -0.1) is 0 Å². The van der Waals surface area contributed by atoms with Gasteiger partial charge in [0.15, 0.2) is 0 Å². The average Bonchev–Trinajstić information content (AvgIpc) is 2.82. The normalized spacial score (nSPS) is 16.4. The first-order chi connectivity index (χ1) is 8.25. The Hall–Kier alpha value is -0.350. The summed E-state index contributed by atoms with van der Waals surface area (Å²) in [6.45, 7) is 0.947. The molecule has 0 spiro atoms. The maximum Gasteiger partial charge on any atom is 0.224 e. The van der Waals surface area contributed by atoms with E-state index in [1.807, 2.05) is 0 Å². The van der Waals surface area contributed by atoms with Crippen LogP contribution in [0.25, 0.3) is 0 Å². The molecule has 1 aromatic heterocycles. The van der Waals surface area contributed by atoms with E-state index in [1.165, 1.54) is 38.5 Å². The number of nitrogens with one attached hydrogen (secondary N) is 1. The van der Waals surface area contributed by atoms with Gasteiger partial charge in [-0.3, -0.25) is 0 Å². The molecule has 0 unspecified atom stereocenters. The lowest BCUT2D eigenvalue weighted by molar-refractivity contribution is 0.491. The van der Waals surface area contributed by atoms with E-state index in [0.717, 1.165) is 22.8 Å². The summed E-state index contributed by atoms with van der Waals surface area (Å²) in [7, 11) is 0. The van der Waals surface area contributed by atoms with Crippen LogP contribution in [0.3, 0.4) is 0 Å². The molecule has 2 rings (SSSR count). The molecule has 1 heterocycles. The topological polar surface area (TPSA) is 37.8 Å². The zero-order valence-corrected chi connectivity index (χ0v) is 12.1. The summed E-state index contributed by atoms with van der Waals surface area (Å²) in [5.41, 5.74) is 0. The Morgan fingerprint density at radius 3 is 2.94 bits per heavy atom. The molecule has 0 bridgehead atoms. The lowest BCUT2D eigenvalue weighted by Crippen LogP contribution is -2.06. The molecule has 0 amide bonds. The molecule has 1 aliphatic rings. The Bertz CT molecular complexity index is 367. The predicted molar refractivity (Wildman–Crippen MR) is 74.4 cm³/mol. The van der Waals surface area contributed by atoms with Crippen molar-refractivity contribution in [3.8, 4) is 0 Å². The minimum atomic E-state index is 0.284. The molecule has 1 N–H and O–H groups in total. The molecule has 0 aliphatic heterocycles. The van der Waals surface area contributed by atoms with Crippen molar-refractivity contribution < 1.29 is 0 Å². The highest BCUT2D eigenvalue weighted by atomic mass is 79.9. The molecule has 94 valence electrons. The standard InChI is InChI=1S/C12H17BrClN3/c13-10-8-16-12(14)17-11(10)15-7-3-6-9-4-1-2-5-9/h8-9H,1-7H2,(H,15,16,17). The number of rotatable bonds is 5. The van der Waals surface area contributed by atoms with Gasteiger partial charge in [0.25, 0.3) is 0 Å². The van der Waals surface area contributed by atoms with Crippen LogP contribution >= 0.6 is 27.5 Å². The van der Waals surface area contributed by atoms with Crippen molar-refractivity contribution in [3.63, 3.8) is 0 Å². The first-order valence-electron chi connectivity index (χ1n) is 6.17. The molecule has 5 heteroatoms. The van der Waals surface area contributed by atoms with E-state index in [4.69, 9.17) is 11.6 Å². The molecule has 1 aromatic rings. The second-order valence-electron chi connectivity index (χ2n) is 4.56. The molecule has 0 aromatic carbocycles. The van der Waals surface area contributed by atoms with E-state index in [9.17, 15) is 0 Å². The van der Waals surface area contributed by atoms with Crippen molar-refractivity contribution in [1.82, 2.24) is 9.97 Å². The summed E-state index contributed by atoms with van der Waals surface area (Å²) < 4.78 is 0.864. The summed E-state index contributed by atoms with van der Waals surface area (Å²) >= 11 is 9.15. The van der Waals surface area contributed by atoms with Gasteiger partial charge in [0, 0.05) is 12.7 Å². The van der Waals surface area contributed by atoms with Crippen molar-refractivity contribution in [3.05, 3.63) is 16.0 Å². The van der Waals surface area contributed by atoms with Gasteiger partial charge in [0.2, 0.25) is 5.28 Å². The first kappa shape index (κ1) is 13.1. The van der Waals surface area contributed by atoms with Gasteiger partial charge in [-0.05, 0) is 46.3 Å². The fourth-order valence-electron chi connectivity index (χ4n) is 2.37. The van der Waals surface area contributed by atoms with Crippen molar-refractivity contribution >= 4 is 33.3 Å². The van der Waals surface area contributed by atoms with Crippen LogP contribution in [0.2, 0.25) is 5.28 Å². The molecular weight excluding hydrogens is 302 g/mol. The number of nitrogens with zero attached hydrogens (tertiary/aromatic N) is 2. The van der Waals surface area contributed by atoms with Crippen molar-refractivity contribution in [2.45, 2.75) is 38.5 Å². The fourth-order valence-corrected chi connectivity index (χ4v) is 2.83. The molecular formula is C12H17BrClN3. The maximum atomic E-state index is 5.75. The number of hydrogen-bond acceptors (Lipinski definition) is 3. The van der Waals surface area contributed by atoms with Crippen LogP contribution in [0, 0.1) is 5.92 Å². The highest BCUT2D eigenvalue weighted by Crippen LogP contribution is 2.28. The summed E-state index contributed by atoms with van der Waals surface area (Å²) in [5, 5.41) is 3.58. The second-order valence-corrected chi connectivity index (χ2v) is 5.75. The van der Waals surface area contributed by atoms with E-state index in [-0.39, 0.29) is 5.28 Å². The Labute approximate surface area is 116 Å². The van der Waals surface area contributed by atoms with Crippen LogP contribution in [-0.4, -0.2) is 16.5 Å². The number of aromatic nitrogens is 2. The number of anilines is 1. The number of halogens is 2. The lowest BCUT2D eigenvalue weighted by atomic mass is 10.0. The Morgan fingerprint density at radius 1 is 1.41 bits per heavy atom. The van der Waals surface area contributed by atoms with E-state index in [2.05, 4.69) is 31.2 Å². The van der Waals surface area contributed by atoms with Crippen LogP contribution in [0.4, 0.5) is 5.82 Å². The van der Waals surface area contributed by atoms with Gasteiger partial charge >= 0.3 is 0 Å². The zero-order valence-electron chi connectivity index (χ0n) is 9.75. The van der Waals surface area contributed by atoms with E-state index >= 15 is 0 Å². The third-order valence-electron chi connectivity index (χ3n) is 3.27. The van der Waals surface area contributed by atoms with Crippen LogP contribution < -0.4 is 5.32 Å². The van der Waals surface area contributed by atoms with Gasteiger partial charge < -0.3 is 5.32 Å².